The van der Waals surface area contributed by atoms with Crippen molar-refractivity contribution in [2.75, 3.05) is 6.54 Å². The summed E-state index contributed by atoms with van der Waals surface area (Å²) in [5.41, 5.74) is 2.19. The Kier molecular flexibility index (Phi) is 6.16. The van der Waals surface area contributed by atoms with E-state index in [9.17, 15) is 9.90 Å². The fourth-order valence-electron chi connectivity index (χ4n) is 2.16. The normalized spacial score (nSPS) is 11.5. The Morgan fingerprint density at radius 1 is 1.22 bits per heavy atom. The summed E-state index contributed by atoms with van der Waals surface area (Å²) >= 11 is 6.00. The zero-order valence-electron chi connectivity index (χ0n) is 12.5. The lowest BCUT2D eigenvalue weighted by Crippen LogP contribution is -2.28. The molecule has 0 spiro atoms. The van der Waals surface area contributed by atoms with Crippen molar-refractivity contribution in [1.29, 1.82) is 5.26 Å². The molecule has 23 heavy (non-hydrogen) atoms. The number of benzene rings is 2. The maximum atomic E-state index is 11.9. The number of hydrogen-bond donors (Lipinski definition) is 2. The van der Waals surface area contributed by atoms with Crippen molar-refractivity contribution in [2.24, 2.45) is 0 Å². The number of aryl methyl sites for hydroxylation is 1. The number of nitrogens with one attached hydrogen (secondary N) is 1. The summed E-state index contributed by atoms with van der Waals surface area (Å²) in [5, 5.41) is 22.0. The molecule has 1 atom stereocenters. The monoisotopic (exact) mass is 328 g/mol. The molecule has 0 aliphatic rings. The van der Waals surface area contributed by atoms with Crippen LogP contribution in [0.25, 0.3) is 0 Å². The second-order valence-corrected chi connectivity index (χ2v) is 5.56. The standard InChI is InChI=1S/C18H17ClN2O2/c19-16-4-2-1-3-15(16)17(22)12-21-18(23)10-9-13-5-7-14(11-20)8-6-13/h1-8,17,22H,9-10,12H2,(H,21,23). The van der Waals surface area contributed by atoms with Crippen molar-refractivity contribution in [3.63, 3.8) is 0 Å². The van der Waals surface area contributed by atoms with E-state index in [1.165, 1.54) is 0 Å². The molecule has 2 rings (SSSR count). The molecule has 1 unspecified atom stereocenters. The van der Waals surface area contributed by atoms with E-state index >= 15 is 0 Å². The molecule has 0 saturated carbocycles. The van der Waals surface area contributed by atoms with Gasteiger partial charge in [-0.05, 0) is 30.2 Å². The minimum absolute atomic E-state index is 0.121. The van der Waals surface area contributed by atoms with Crippen LogP contribution in [0, 0.1) is 11.3 Å². The summed E-state index contributed by atoms with van der Waals surface area (Å²) in [6.45, 7) is 0.121. The fourth-order valence-corrected chi connectivity index (χ4v) is 2.42. The number of rotatable bonds is 6. The predicted molar refractivity (Wildman–Crippen MR) is 88.9 cm³/mol. The van der Waals surface area contributed by atoms with Gasteiger partial charge in [-0.3, -0.25) is 4.79 Å². The molecular weight excluding hydrogens is 312 g/mol. The Morgan fingerprint density at radius 3 is 2.57 bits per heavy atom. The van der Waals surface area contributed by atoms with Crippen LogP contribution in [0.4, 0.5) is 0 Å². The van der Waals surface area contributed by atoms with Crippen LogP contribution in [-0.2, 0) is 11.2 Å². The van der Waals surface area contributed by atoms with Crippen LogP contribution in [0.15, 0.2) is 48.5 Å². The molecule has 0 radical (unpaired) electrons. The Labute approximate surface area is 140 Å². The minimum Gasteiger partial charge on any atom is -0.387 e. The summed E-state index contributed by atoms with van der Waals surface area (Å²) in [6, 6.07) is 16.2. The number of hydrogen-bond acceptors (Lipinski definition) is 3. The van der Waals surface area contributed by atoms with E-state index in [0.717, 1.165) is 5.56 Å². The van der Waals surface area contributed by atoms with Crippen LogP contribution >= 0.6 is 11.6 Å². The van der Waals surface area contributed by atoms with Gasteiger partial charge in [0.25, 0.3) is 0 Å². The minimum atomic E-state index is -0.831. The molecule has 118 valence electrons. The van der Waals surface area contributed by atoms with Crippen molar-refractivity contribution in [3.05, 3.63) is 70.2 Å². The van der Waals surface area contributed by atoms with Crippen LogP contribution in [0.1, 0.15) is 29.2 Å². The topological polar surface area (TPSA) is 73.1 Å². The quantitative estimate of drug-likeness (QED) is 0.856. The average Bonchev–Trinajstić information content (AvgIpc) is 2.58. The maximum Gasteiger partial charge on any atom is 0.220 e. The lowest BCUT2D eigenvalue weighted by molar-refractivity contribution is -0.121. The molecule has 5 heteroatoms. The Hall–Kier alpha value is -2.35. The van der Waals surface area contributed by atoms with E-state index in [2.05, 4.69) is 11.4 Å². The third-order valence-corrected chi connectivity index (χ3v) is 3.82. The summed E-state index contributed by atoms with van der Waals surface area (Å²) in [7, 11) is 0. The lowest BCUT2D eigenvalue weighted by atomic mass is 10.1. The number of aliphatic hydroxyl groups excluding tert-OH is 1. The summed E-state index contributed by atoms with van der Waals surface area (Å²) in [5.74, 6) is -0.138. The molecule has 2 aromatic carbocycles. The average molecular weight is 329 g/mol. The van der Waals surface area contributed by atoms with E-state index in [-0.39, 0.29) is 12.5 Å². The van der Waals surface area contributed by atoms with Gasteiger partial charge in [0, 0.05) is 23.6 Å². The highest BCUT2D eigenvalue weighted by Gasteiger charge is 2.12. The molecular formula is C18H17ClN2O2. The van der Waals surface area contributed by atoms with Gasteiger partial charge in [-0.15, -0.1) is 0 Å². The number of halogens is 1. The van der Waals surface area contributed by atoms with Crippen LogP contribution < -0.4 is 5.32 Å². The first-order valence-corrected chi connectivity index (χ1v) is 7.66. The Balaban J connectivity index is 1.78. The maximum absolute atomic E-state index is 11.9. The van der Waals surface area contributed by atoms with Crippen molar-refractivity contribution < 1.29 is 9.90 Å². The molecule has 2 aromatic rings. The molecule has 0 aliphatic carbocycles. The fraction of sp³-hybridized carbons (Fsp3) is 0.222. The Bertz CT molecular complexity index is 708. The van der Waals surface area contributed by atoms with Gasteiger partial charge >= 0.3 is 0 Å². The second-order valence-electron chi connectivity index (χ2n) is 5.15. The first kappa shape index (κ1) is 17.0. The molecule has 0 saturated heterocycles. The third-order valence-electron chi connectivity index (χ3n) is 3.48. The number of aliphatic hydroxyl groups is 1. The first-order chi connectivity index (χ1) is 11.1. The summed E-state index contributed by atoms with van der Waals surface area (Å²) < 4.78 is 0. The predicted octanol–water partition coefficient (Wildman–Crippen LogP) is 2.99. The van der Waals surface area contributed by atoms with E-state index < -0.39 is 6.10 Å². The van der Waals surface area contributed by atoms with Gasteiger partial charge in [-0.2, -0.15) is 5.26 Å². The van der Waals surface area contributed by atoms with Gasteiger partial charge in [0.05, 0.1) is 17.7 Å². The molecule has 4 nitrogen and oxygen atoms in total. The molecule has 0 fully saturated rings. The van der Waals surface area contributed by atoms with E-state index in [4.69, 9.17) is 16.9 Å². The van der Waals surface area contributed by atoms with E-state index in [0.29, 0.717) is 29.0 Å². The summed E-state index contributed by atoms with van der Waals surface area (Å²) in [4.78, 5) is 11.9. The van der Waals surface area contributed by atoms with Gasteiger partial charge in [-0.25, -0.2) is 0 Å². The smallest absolute Gasteiger partial charge is 0.220 e. The molecule has 0 aromatic heterocycles. The van der Waals surface area contributed by atoms with Gasteiger partial charge in [-0.1, -0.05) is 41.9 Å². The largest absolute Gasteiger partial charge is 0.387 e. The van der Waals surface area contributed by atoms with Crippen molar-refractivity contribution >= 4 is 17.5 Å². The molecule has 2 N–H and O–H groups in total. The van der Waals surface area contributed by atoms with Crippen LogP contribution in [0.2, 0.25) is 5.02 Å². The highest BCUT2D eigenvalue weighted by molar-refractivity contribution is 6.31. The zero-order valence-corrected chi connectivity index (χ0v) is 13.3. The van der Waals surface area contributed by atoms with E-state index in [1.54, 1.807) is 36.4 Å². The SMILES string of the molecule is N#Cc1ccc(CCC(=O)NCC(O)c2ccccc2Cl)cc1. The van der Waals surface area contributed by atoms with Crippen LogP contribution in [0.3, 0.4) is 0 Å². The lowest BCUT2D eigenvalue weighted by Gasteiger charge is -2.13. The van der Waals surface area contributed by atoms with E-state index in [1.807, 2.05) is 12.1 Å². The van der Waals surface area contributed by atoms with Gasteiger partial charge in [0.2, 0.25) is 5.91 Å². The first-order valence-electron chi connectivity index (χ1n) is 7.28. The molecule has 0 heterocycles. The molecule has 1 amide bonds. The number of carbonyl (C=O) groups is 1. The second kappa shape index (κ2) is 8.33. The third kappa shape index (κ3) is 5.10. The van der Waals surface area contributed by atoms with Crippen LogP contribution in [-0.4, -0.2) is 17.6 Å². The molecule has 0 aliphatic heterocycles. The summed E-state index contributed by atoms with van der Waals surface area (Å²) in [6.07, 6.45) is 0.0727. The highest BCUT2D eigenvalue weighted by Crippen LogP contribution is 2.21. The van der Waals surface area contributed by atoms with Gasteiger partial charge < -0.3 is 10.4 Å². The van der Waals surface area contributed by atoms with Crippen LogP contribution in [0.5, 0.6) is 0 Å². The number of amides is 1. The van der Waals surface area contributed by atoms with Crippen molar-refractivity contribution in [1.82, 2.24) is 5.32 Å². The van der Waals surface area contributed by atoms with Gasteiger partial charge in [0.1, 0.15) is 0 Å². The Morgan fingerprint density at radius 2 is 1.91 bits per heavy atom. The van der Waals surface area contributed by atoms with Crippen molar-refractivity contribution in [3.8, 4) is 6.07 Å². The number of carbonyl (C=O) groups excluding carboxylic acids is 1. The number of nitriles is 1. The number of nitrogens with zero attached hydrogens (tertiary/aromatic N) is 1. The van der Waals surface area contributed by atoms with Crippen molar-refractivity contribution in [2.45, 2.75) is 18.9 Å². The highest BCUT2D eigenvalue weighted by atomic mass is 35.5. The van der Waals surface area contributed by atoms with Gasteiger partial charge in [0.15, 0.2) is 0 Å². The molecule has 0 bridgehead atoms. The zero-order chi connectivity index (χ0) is 16.7.